The number of amides is 1. The molecule has 138 valence electrons. The summed E-state index contributed by atoms with van der Waals surface area (Å²) in [5, 5.41) is 2.89. The zero-order chi connectivity index (χ0) is 19.3. The third-order valence-electron chi connectivity index (χ3n) is 3.91. The molecule has 0 aromatic heterocycles. The van der Waals surface area contributed by atoms with Crippen molar-refractivity contribution in [2.45, 2.75) is 33.4 Å². The maximum atomic E-state index is 13.1. The van der Waals surface area contributed by atoms with Gasteiger partial charge in [-0.1, -0.05) is 49.2 Å². The summed E-state index contributed by atoms with van der Waals surface area (Å²) in [6.07, 6.45) is 0. The lowest BCUT2D eigenvalue weighted by Gasteiger charge is -2.21. The van der Waals surface area contributed by atoms with E-state index >= 15 is 0 Å². The Morgan fingerprint density at radius 3 is 2.38 bits per heavy atom. The maximum absolute atomic E-state index is 13.1. The highest BCUT2D eigenvalue weighted by atomic mass is 35.5. The molecule has 26 heavy (non-hydrogen) atoms. The van der Waals surface area contributed by atoms with Gasteiger partial charge in [0.25, 0.3) is 5.91 Å². The molecular formula is C20H21ClFNO3. The van der Waals surface area contributed by atoms with Crippen LogP contribution in [0.3, 0.4) is 0 Å². The van der Waals surface area contributed by atoms with Crippen LogP contribution in [0.2, 0.25) is 5.02 Å². The van der Waals surface area contributed by atoms with Crippen molar-refractivity contribution in [2.75, 3.05) is 0 Å². The zero-order valence-electron chi connectivity index (χ0n) is 14.9. The number of halogens is 2. The number of nitrogens with one attached hydrogen (secondary N) is 1. The van der Waals surface area contributed by atoms with Gasteiger partial charge in [-0.05, 0) is 37.1 Å². The number of ether oxygens (including phenoxy) is 1. The molecule has 0 spiro atoms. The first-order chi connectivity index (χ1) is 12.3. The van der Waals surface area contributed by atoms with Gasteiger partial charge in [-0.2, -0.15) is 0 Å². The van der Waals surface area contributed by atoms with Crippen molar-refractivity contribution in [1.82, 2.24) is 5.32 Å². The lowest BCUT2D eigenvalue weighted by molar-refractivity contribution is -0.148. The molecule has 0 aliphatic carbocycles. The monoisotopic (exact) mass is 377 g/mol. The average molecular weight is 378 g/mol. The molecule has 0 unspecified atom stereocenters. The van der Waals surface area contributed by atoms with Gasteiger partial charge in [0.15, 0.2) is 0 Å². The van der Waals surface area contributed by atoms with Crippen LogP contribution in [0.15, 0.2) is 42.5 Å². The summed E-state index contributed by atoms with van der Waals surface area (Å²) in [4.78, 5) is 24.8. The number of aryl methyl sites for hydroxylation is 1. The summed E-state index contributed by atoms with van der Waals surface area (Å²) in [5.41, 5.74) is 2.00. The van der Waals surface area contributed by atoms with Crippen molar-refractivity contribution in [3.8, 4) is 0 Å². The molecule has 0 saturated carbocycles. The number of carbonyl (C=O) groups excluding carboxylic acids is 2. The molecule has 1 atom stereocenters. The predicted octanol–water partition coefficient (Wildman–Crippen LogP) is 4.29. The van der Waals surface area contributed by atoms with Crippen molar-refractivity contribution in [2.24, 2.45) is 5.92 Å². The second-order valence-electron chi connectivity index (χ2n) is 6.40. The number of hydrogen-bond donors (Lipinski definition) is 1. The van der Waals surface area contributed by atoms with Crippen LogP contribution < -0.4 is 5.32 Å². The van der Waals surface area contributed by atoms with Gasteiger partial charge in [0.05, 0.1) is 5.02 Å². The first kappa shape index (κ1) is 19.9. The molecular weight excluding hydrogens is 357 g/mol. The first-order valence-corrected chi connectivity index (χ1v) is 8.64. The number of esters is 1. The maximum Gasteiger partial charge on any atom is 0.329 e. The number of rotatable bonds is 6. The van der Waals surface area contributed by atoms with Gasteiger partial charge < -0.3 is 10.1 Å². The zero-order valence-corrected chi connectivity index (χ0v) is 15.6. The summed E-state index contributed by atoms with van der Waals surface area (Å²) in [5.74, 6) is -1.54. The molecule has 0 aliphatic heterocycles. The molecule has 0 fully saturated rings. The second kappa shape index (κ2) is 8.81. The van der Waals surface area contributed by atoms with Gasteiger partial charge in [-0.25, -0.2) is 9.18 Å². The van der Waals surface area contributed by atoms with Crippen molar-refractivity contribution in [3.63, 3.8) is 0 Å². The highest BCUT2D eigenvalue weighted by molar-refractivity contribution is 6.31. The number of benzene rings is 2. The average Bonchev–Trinajstić information content (AvgIpc) is 2.58. The number of hydrogen-bond acceptors (Lipinski definition) is 3. The molecule has 0 aliphatic rings. The fraction of sp³-hybridized carbons (Fsp3) is 0.300. The Morgan fingerprint density at radius 2 is 1.81 bits per heavy atom. The molecule has 4 nitrogen and oxygen atoms in total. The Balaban J connectivity index is 2.02. The van der Waals surface area contributed by atoms with E-state index < -0.39 is 17.8 Å². The largest absolute Gasteiger partial charge is 0.459 e. The first-order valence-electron chi connectivity index (χ1n) is 8.26. The van der Waals surface area contributed by atoms with Crippen molar-refractivity contribution < 1.29 is 18.7 Å². The minimum atomic E-state index is -0.803. The molecule has 0 radical (unpaired) electrons. The van der Waals surface area contributed by atoms with Crippen molar-refractivity contribution in [3.05, 3.63) is 70.0 Å². The van der Waals surface area contributed by atoms with Crippen LogP contribution in [0, 0.1) is 18.7 Å². The van der Waals surface area contributed by atoms with E-state index in [-0.39, 0.29) is 23.5 Å². The molecule has 0 saturated heterocycles. The smallest absolute Gasteiger partial charge is 0.329 e. The van der Waals surface area contributed by atoms with Crippen LogP contribution in [0.5, 0.6) is 0 Å². The third kappa shape index (κ3) is 5.30. The summed E-state index contributed by atoms with van der Waals surface area (Å²) < 4.78 is 18.3. The molecule has 2 aromatic carbocycles. The van der Waals surface area contributed by atoms with E-state index in [1.54, 1.807) is 12.1 Å². The minimum absolute atomic E-state index is 0.0957. The SMILES string of the molecule is Cc1ccc(C(=O)N[C@H](C(=O)OCc2ccc(F)cc2Cl)C(C)C)cc1. The Bertz CT molecular complexity index is 790. The molecule has 2 rings (SSSR count). The van der Waals surface area contributed by atoms with E-state index in [0.717, 1.165) is 11.6 Å². The van der Waals surface area contributed by atoms with Crippen LogP contribution in [0.4, 0.5) is 4.39 Å². The molecule has 6 heteroatoms. The van der Waals surface area contributed by atoms with E-state index in [1.807, 2.05) is 32.9 Å². The van der Waals surface area contributed by atoms with E-state index in [9.17, 15) is 14.0 Å². The lowest BCUT2D eigenvalue weighted by atomic mass is 10.0. The standard InChI is InChI=1S/C20H21ClFNO3/c1-12(2)18(23-19(24)14-6-4-13(3)5-7-14)20(25)26-11-15-8-9-16(22)10-17(15)21/h4-10,12,18H,11H2,1-3H3,(H,23,24)/t18-/m0/s1. The van der Waals surface area contributed by atoms with Gasteiger partial charge in [0, 0.05) is 11.1 Å². The Morgan fingerprint density at radius 1 is 1.15 bits per heavy atom. The summed E-state index contributed by atoms with van der Waals surface area (Å²) in [6, 6.07) is 10.1. The Labute approximate surface area is 157 Å². The van der Waals surface area contributed by atoms with E-state index in [1.165, 1.54) is 12.1 Å². The minimum Gasteiger partial charge on any atom is -0.459 e. The van der Waals surface area contributed by atoms with Crippen molar-refractivity contribution >= 4 is 23.5 Å². The van der Waals surface area contributed by atoms with Crippen LogP contribution in [-0.4, -0.2) is 17.9 Å². The van der Waals surface area contributed by atoms with Crippen LogP contribution in [0.25, 0.3) is 0 Å². The fourth-order valence-electron chi connectivity index (χ4n) is 2.30. The normalized spacial score (nSPS) is 11.9. The quantitative estimate of drug-likeness (QED) is 0.764. The second-order valence-corrected chi connectivity index (χ2v) is 6.81. The van der Waals surface area contributed by atoms with Crippen molar-refractivity contribution in [1.29, 1.82) is 0 Å². The molecule has 0 heterocycles. The van der Waals surface area contributed by atoms with Gasteiger partial charge in [-0.15, -0.1) is 0 Å². The molecule has 0 bridgehead atoms. The fourth-order valence-corrected chi connectivity index (χ4v) is 2.53. The highest BCUT2D eigenvalue weighted by Crippen LogP contribution is 2.18. The number of carbonyl (C=O) groups is 2. The third-order valence-corrected chi connectivity index (χ3v) is 4.26. The molecule has 1 N–H and O–H groups in total. The van der Waals surface area contributed by atoms with Gasteiger partial charge >= 0.3 is 5.97 Å². The molecule has 1 amide bonds. The van der Waals surface area contributed by atoms with Gasteiger partial charge in [-0.3, -0.25) is 4.79 Å². The lowest BCUT2D eigenvalue weighted by Crippen LogP contribution is -2.45. The van der Waals surface area contributed by atoms with Gasteiger partial charge in [0.2, 0.25) is 0 Å². The summed E-state index contributed by atoms with van der Waals surface area (Å²) in [6.45, 7) is 5.45. The van der Waals surface area contributed by atoms with Crippen LogP contribution in [0.1, 0.15) is 35.3 Å². The summed E-state index contributed by atoms with van der Waals surface area (Å²) >= 11 is 5.93. The topological polar surface area (TPSA) is 55.4 Å². The van der Waals surface area contributed by atoms with E-state index in [2.05, 4.69) is 5.32 Å². The Kier molecular flexibility index (Phi) is 6.75. The van der Waals surface area contributed by atoms with Crippen LogP contribution in [-0.2, 0) is 16.1 Å². The predicted molar refractivity (Wildman–Crippen MR) is 98.5 cm³/mol. The molecule has 2 aromatic rings. The van der Waals surface area contributed by atoms with E-state index in [4.69, 9.17) is 16.3 Å². The Hall–Kier alpha value is -2.40. The van der Waals surface area contributed by atoms with E-state index in [0.29, 0.717) is 11.1 Å². The highest BCUT2D eigenvalue weighted by Gasteiger charge is 2.26. The van der Waals surface area contributed by atoms with Crippen LogP contribution >= 0.6 is 11.6 Å². The van der Waals surface area contributed by atoms with Gasteiger partial charge in [0.1, 0.15) is 18.5 Å². The summed E-state index contributed by atoms with van der Waals surface area (Å²) in [7, 11) is 0.